The predicted molar refractivity (Wildman–Crippen MR) is 214 cm³/mol. The third kappa shape index (κ3) is 4.68. The number of fused-ring (bicyclic) bond motifs is 4. The summed E-state index contributed by atoms with van der Waals surface area (Å²) in [6.45, 7) is 9.83. The standard InChI is InChI=1S/C42H36N4SSi2/c1-48(2)37-17-9-5-13-33(37)45(34-14-6-10-18-38(34)48)31-25-21-29(22-26-31)41-43-44-42(47-41)30-23-27-32(28-24-30)46-35-15-7-11-19-39(35)49(3,4)40-20-12-8-16-36(40)46/h5-28H,1-4H3. The minimum absolute atomic E-state index is 0.921. The third-order valence-electron chi connectivity index (χ3n) is 10.4. The van der Waals surface area contributed by atoms with Gasteiger partial charge in [-0.2, -0.15) is 0 Å². The zero-order chi connectivity index (χ0) is 33.3. The van der Waals surface area contributed by atoms with Crippen LogP contribution in [0.15, 0.2) is 146 Å². The van der Waals surface area contributed by atoms with E-state index in [1.165, 1.54) is 43.5 Å². The van der Waals surface area contributed by atoms with Gasteiger partial charge in [-0.05, 0) is 93.5 Å². The van der Waals surface area contributed by atoms with Crippen molar-refractivity contribution in [2.75, 3.05) is 9.80 Å². The van der Waals surface area contributed by atoms with Crippen molar-refractivity contribution in [2.45, 2.75) is 26.2 Å². The third-order valence-corrected chi connectivity index (χ3v) is 18.5. The maximum atomic E-state index is 4.64. The van der Waals surface area contributed by atoms with Crippen molar-refractivity contribution in [3.05, 3.63) is 146 Å². The Balaban J connectivity index is 1.01. The Bertz CT molecular complexity index is 2100. The average Bonchev–Trinajstić information content (AvgIpc) is 3.63. The fraction of sp³-hybridized carbons (Fsp3) is 0.0952. The van der Waals surface area contributed by atoms with Gasteiger partial charge < -0.3 is 9.80 Å². The molecule has 49 heavy (non-hydrogen) atoms. The van der Waals surface area contributed by atoms with Gasteiger partial charge in [-0.25, -0.2) is 0 Å². The van der Waals surface area contributed by atoms with Gasteiger partial charge in [0.05, 0.1) is 0 Å². The molecule has 9 rings (SSSR count). The van der Waals surface area contributed by atoms with Gasteiger partial charge in [0.2, 0.25) is 0 Å². The van der Waals surface area contributed by atoms with Crippen LogP contribution in [0.25, 0.3) is 21.1 Å². The second-order valence-electron chi connectivity index (χ2n) is 14.0. The smallest absolute Gasteiger partial charge is 0.148 e. The summed E-state index contributed by atoms with van der Waals surface area (Å²) in [6, 6.07) is 53.3. The lowest BCUT2D eigenvalue weighted by Gasteiger charge is -2.41. The van der Waals surface area contributed by atoms with Crippen LogP contribution >= 0.6 is 11.3 Å². The lowest BCUT2D eigenvalue weighted by molar-refractivity contribution is 1.10. The van der Waals surface area contributed by atoms with Crippen LogP contribution in [0, 0.1) is 0 Å². The summed E-state index contributed by atoms with van der Waals surface area (Å²) in [5, 5.41) is 17.0. The first-order valence-corrected chi connectivity index (χ1v) is 23.7. The van der Waals surface area contributed by atoms with Gasteiger partial charge in [-0.3, -0.25) is 0 Å². The summed E-state index contributed by atoms with van der Waals surface area (Å²) in [6.07, 6.45) is 0. The minimum atomic E-state index is -1.81. The van der Waals surface area contributed by atoms with E-state index in [-0.39, 0.29) is 0 Å². The molecule has 0 fully saturated rings. The molecule has 0 bridgehead atoms. The molecule has 4 nitrogen and oxygen atoms in total. The monoisotopic (exact) mass is 684 g/mol. The SMILES string of the molecule is C[Si]1(C)c2ccccc2N(c2ccc(-c3nnc(-c4ccc(N5c6ccccc6[Si](C)(C)c6ccccc65)cc4)s3)cc2)c2ccccc21. The first-order chi connectivity index (χ1) is 23.8. The van der Waals surface area contributed by atoms with E-state index >= 15 is 0 Å². The summed E-state index contributed by atoms with van der Waals surface area (Å²) in [5.41, 5.74) is 9.60. The first kappa shape index (κ1) is 30.0. The molecule has 6 aromatic carbocycles. The molecule has 0 saturated heterocycles. The Kier molecular flexibility index (Phi) is 6.88. The number of aromatic nitrogens is 2. The number of hydrogen-bond acceptors (Lipinski definition) is 5. The molecular weight excluding hydrogens is 649 g/mol. The highest BCUT2D eigenvalue weighted by Gasteiger charge is 2.39. The Labute approximate surface area is 294 Å². The van der Waals surface area contributed by atoms with Crippen molar-refractivity contribution in [3.63, 3.8) is 0 Å². The van der Waals surface area contributed by atoms with Crippen molar-refractivity contribution < 1.29 is 0 Å². The summed E-state index contributed by atoms with van der Waals surface area (Å²) in [5.74, 6) is 0. The fourth-order valence-electron chi connectivity index (χ4n) is 7.86. The van der Waals surface area contributed by atoms with Crippen molar-refractivity contribution in [2.24, 2.45) is 0 Å². The fourth-order valence-corrected chi connectivity index (χ4v) is 14.7. The molecule has 2 aliphatic heterocycles. The van der Waals surface area contributed by atoms with E-state index in [2.05, 4.69) is 192 Å². The van der Waals surface area contributed by atoms with Gasteiger partial charge in [0.15, 0.2) is 0 Å². The Hall–Kier alpha value is -5.09. The molecule has 0 atom stereocenters. The Morgan fingerprint density at radius 2 is 0.673 bits per heavy atom. The van der Waals surface area contributed by atoms with Crippen molar-refractivity contribution in [3.8, 4) is 21.1 Å². The second kappa shape index (κ2) is 11.2. The van der Waals surface area contributed by atoms with Crippen LogP contribution in [0.1, 0.15) is 0 Å². The maximum absolute atomic E-state index is 4.64. The molecule has 7 heteroatoms. The molecule has 0 aliphatic carbocycles. The van der Waals surface area contributed by atoms with Crippen LogP contribution in [0.5, 0.6) is 0 Å². The molecule has 1 aromatic heterocycles. The molecule has 2 aliphatic rings. The molecule has 0 unspecified atom stereocenters. The summed E-state index contributed by atoms with van der Waals surface area (Å²) in [4.78, 5) is 4.84. The van der Waals surface area contributed by atoms with Crippen LogP contribution in [0.2, 0.25) is 26.2 Å². The highest BCUT2D eigenvalue weighted by Crippen LogP contribution is 2.41. The lowest BCUT2D eigenvalue weighted by Crippen LogP contribution is -2.58. The minimum Gasteiger partial charge on any atom is -0.311 e. The zero-order valence-electron chi connectivity index (χ0n) is 28.1. The number of anilines is 6. The van der Waals surface area contributed by atoms with Gasteiger partial charge in [0.1, 0.15) is 26.2 Å². The number of nitrogens with zero attached hydrogens (tertiary/aromatic N) is 4. The van der Waals surface area contributed by atoms with E-state index in [1.807, 2.05) is 0 Å². The number of hydrogen-bond donors (Lipinski definition) is 0. The number of benzene rings is 6. The van der Waals surface area contributed by atoms with Crippen LogP contribution in [0.4, 0.5) is 34.1 Å². The van der Waals surface area contributed by atoms with Gasteiger partial charge in [0.25, 0.3) is 0 Å². The average molecular weight is 685 g/mol. The van der Waals surface area contributed by atoms with Crippen molar-refractivity contribution in [1.29, 1.82) is 0 Å². The van der Waals surface area contributed by atoms with Crippen LogP contribution < -0.4 is 30.5 Å². The Morgan fingerprint density at radius 1 is 0.388 bits per heavy atom. The van der Waals surface area contributed by atoms with E-state index < -0.39 is 16.1 Å². The molecule has 0 N–H and O–H groups in total. The first-order valence-electron chi connectivity index (χ1n) is 16.8. The van der Waals surface area contributed by atoms with Gasteiger partial charge in [0, 0.05) is 45.3 Å². The lowest BCUT2D eigenvalue weighted by atomic mass is 10.1. The van der Waals surface area contributed by atoms with Crippen molar-refractivity contribution in [1.82, 2.24) is 10.2 Å². The molecule has 0 amide bonds. The highest BCUT2D eigenvalue weighted by molar-refractivity contribution is 7.17. The van der Waals surface area contributed by atoms with Crippen LogP contribution in [0.3, 0.4) is 0 Å². The highest BCUT2D eigenvalue weighted by atomic mass is 32.1. The molecule has 7 aromatic rings. The zero-order valence-corrected chi connectivity index (χ0v) is 30.9. The predicted octanol–water partition coefficient (Wildman–Crippen LogP) is 9.08. The van der Waals surface area contributed by atoms with Crippen molar-refractivity contribution >= 4 is 82.4 Å². The van der Waals surface area contributed by atoms with Crippen LogP contribution in [-0.4, -0.2) is 26.3 Å². The van der Waals surface area contributed by atoms with E-state index in [4.69, 9.17) is 0 Å². The van der Waals surface area contributed by atoms with E-state index in [9.17, 15) is 0 Å². The molecule has 3 heterocycles. The molecule has 0 saturated carbocycles. The molecular formula is C42H36N4SSi2. The molecule has 0 spiro atoms. The number of para-hydroxylation sites is 4. The van der Waals surface area contributed by atoms with Gasteiger partial charge >= 0.3 is 0 Å². The largest absolute Gasteiger partial charge is 0.311 e. The van der Waals surface area contributed by atoms with Crippen LogP contribution in [-0.2, 0) is 0 Å². The van der Waals surface area contributed by atoms with Gasteiger partial charge in [-0.1, -0.05) is 110 Å². The Morgan fingerprint density at radius 3 is 0.980 bits per heavy atom. The van der Waals surface area contributed by atoms with E-state index in [0.717, 1.165) is 32.5 Å². The normalized spacial score (nSPS) is 15.2. The quantitative estimate of drug-likeness (QED) is 0.173. The van der Waals surface area contributed by atoms with E-state index in [1.54, 1.807) is 11.3 Å². The second-order valence-corrected chi connectivity index (χ2v) is 23.6. The molecule has 0 radical (unpaired) electrons. The summed E-state index contributed by atoms with van der Waals surface area (Å²) in [7, 11) is -3.62. The molecule has 238 valence electrons. The summed E-state index contributed by atoms with van der Waals surface area (Å²) >= 11 is 1.64. The topological polar surface area (TPSA) is 32.3 Å². The van der Waals surface area contributed by atoms with E-state index in [0.29, 0.717) is 0 Å². The number of rotatable bonds is 4. The maximum Gasteiger partial charge on any atom is 0.148 e. The summed E-state index contributed by atoms with van der Waals surface area (Å²) < 4.78 is 0. The van der Waals surface area contributed by atoms with Gasteiger partial charge in [-0.15, -0.1) is 10.2 Å².